The number of hydrogen-bond donors (Lipinski definition) is 2. The zero-order valence-electron chi connectivity index (χ0n) is 8.72. The van der Waals surface area contributed by atoms with Crippen LogP contribution in [0, 0.1) is 6.92 Å². The molecule has 0 bridgehead atoms. The second-order valence-electron chi connectivity index (χ2n) is 4.00. The van der Waals surface area contributed by atoms with Gasteiger partial charge in [0.15, 0.2) is 0 Å². The molecule has 1 aliphatic rings. The topological polar surface area (TPSA) is 24.1 Å². The van der Waals surface area contributed by atoms with E-state index < -0.39 is 0 Å². The average molecular weight is 190 g/mol. The molecule has 0 spiro atoms. The van der Waals surface area contributed by atoms with Gasteiger partial charge in [0.2, 0.25) is 0 Å². The van der Waals surface area contributed by atoms with Gasteiger partial charge in [0.05, 0.1) is 0 Å². The van der Waals surface area contributed by atoms with Crippen LogP contribution in [0.25, 0.3) is 0 Å². The van der Waals surface area contributed by atoms with E-state index >= 15 is 0 Å². The van der Waals surface area contributed by atoms with Crippen LogP contribution in [0.1, 0.15) is 17.5 Å². The summed E-state index contributed by atoms with van der Waals surface area (Å²) in [6.45, 7) is 5.44. The molecule has 1 fully saturated rings. The molecule has 2 rings (SSSR count). The molecule has 14 heavy (non-hydrogen) atoms. The van der Waals surface area contributed by atoms with E-state index in [1.54, 1.807) is 0 Å². The zero-order chi connectivity index (χ0) is 9.80. The van der Waals surface area contributed by atoms with Crippen LogP contribution in [-0.2, 0) is 6.54 Å². The highest BCUT2D eigenvalue weighted by Gasteiger charge is 2.13. The fourth-order valence-corrected chi connectivity index (χ4v) is 1.89. The Morgan fingerprint density at radius 1 is 1.43 bits per heavy atom. The third-order valence-corrected chi connectivity index (χ3v) is 2.90. The van der Waals surface area contributed by atoms with Crippen molar-refractivity contribution >= 4 is 0 Å². The highest BCUT2D eigenvalue weighted by molar-refractivity contribution is 5.25. The minimum absolute atomic E-state index is 0.662. The first kappa shape index (κ1) is 9.69. The first-order valence-electron chi connectivity index (χ1n) is 5.35. The van der Waals surface area contributed by atoms with E-state index in [4.69, 9.17) is 0 Å². The molecule has 76 valence electrons. The van der Waals surface area contributed by atoms with Gasteiger partial charge in [0.25, 0.3) is 0 Å². The molecule has 0 unspecified atom stereocenters. The molecule has 1 aliphatic heterocycles. The van der Waals surface area contributed by atoms with Gasteiger partial charge in [-0.05, 0) is 31.0 Å². The third-order valence-electron chi connectivity index (χ3n) is 2.90. The quantitative estimate of drug-likeness (QED) is 0.754. The summed E-state index contributed by atoms with van der Waals surface area (Å²) in [6.07, 6.45) is 1.26. The number of rotatable bonds is 3. The summed E-state index contributed by atoms with van der Waals surface area (Å²) >= 11 is 0. The van der Waals surface area contributed by atoms with Crippen molar-refractivity contribution in [2.75, 3.05) is 13.1 Å². The third kappa shape index (κ3) is 2.34. The van der Waals surface area contributed by atoms with E-state index in [9.17, 15) is 0 Å². The van der Waals surface area contributed by atoms with Gasteiger partial charge >= 0.3 is 0 Å². The molecule has 0 aliphatic carbocycles. The van der Waals surface area contributed by atoms with Crippen LogP contribution >= 0.6 is 0 Å². The van der Waals surface area contributed by atoms with Gasteiger partial charge < -0.3 is 10.6 Å². The summed E-state index contributed by atoms with van der Waals surface area (Å²) in [5.74, 6) is 0. The normalized spacial score (nSPS) is 21.4. The summed E-state index contributed by atoms with van der Waals surface area (Å²) < 4.78 is 0. The van der Waals surface area contributed by atoms with Crippen LogP contribution in [0.3, 0.4) is 0 Å². The highest BCUT2D eigenvalue weighted by atomic mass is 15.0. The zero-order valence-corrected chi connectivity index (χ0v) is 8.72. The second kappa shape index (κ2) is 4.58. The average Bonchev–Trinajstić information content (AvgIpc) is 2.69. The molecular formula is C12H18N2. The lowest BCUT2D eigenvalue weighted by molar-refractivity contribution is 0.546. The van der Waals surface area contributed by atoms with Crippen molar-refractivity contribution in [3.63, 3.8) is 0 Å². The highest BCUT2D eigenvalue weighted by Crippen LogP contribution is 2.07. The summed E-state index contributed by atoms with van der Waals surface area (Å²) in [5, 5.41) is 6.94. The van der Waals surface area contributed by atoms with E-state index in [1.165, 1.54) is 17.5 Å². The second-order valence-corrected chi connectivity index (χ2v) is 4.00. The van der Waals surface area contributed by atoms with Crippen LogP contribution in [0.5, 0.6) is 0 Å². The lowest BCUT2D eigenvalue weighted by Gasteiger charge is -2.12. The lowest BCUT2D eigenvalue weighted by Crippen LogP contribution is -2.30. The minimum atomic E-state index is 0.662. The van der Waals surface area contributed by atoms with E-state index in [0.717, 1.165) is 19.6 Å². The van der Waals surface area contributed by atoms with Crippen molar-refractivity contribution in [2.45, 2.75) is 25.9 Å². The summed E-state index contributed by atoms with van der Waals surface area (Å²) in [7, 11) is 0. The van der Waals surface area contributed by atoms with Crippen molar-refractivity contribution < 1.29 is 0 Å². The summed E-state index contributed by atoms with van der Waals surface area (Å²) in [6, 6.07) is 9.23. The molecule has 0 saturated carbocycles. The van der Waals surface area contributed by atoms with Crippen molar-refractivity contribution in [2.24, 2.45) is 0 Å². The molecule has 0 amide bonds. The fourth-order valence-electron chi connectivity index (χ4n) is 1.89. The molecule has 1 saturated heterocycles. The Kier molecular flexibility index (Phi) is 3.17. The number of nitrogens with one attached hydrogen (secondary N) is 2. The molecule has 2 nitrogen and oxygen atoms in total. The number of hydrogen-bond acceptors (Lipinski definition) is 2. The molecule has 1 atom stereocenters. The van der Waals surface area contributed by atoms with Crippen molar-refractivity contribution in [3.05, 3.63) is 35.4 Å². The first-order chi connectivity index (χ1) is 6.86. The SMILES string of the molecule is Cc1ccccc1CN[C@H]1CCNC1. The molecule has 1 heterocycles. The van der Waals surface area contributed by atoms with Crippen LogP contribution < -0.4 is 10.6 Å². The van der Waals surface area contributed by atoms with Gasteiger partial charge in [-0.2, -0.15) is 0 Å². The predicted octanol–water partition coefficient (Wildman–Crippen LogP) is 1.45. The molecule has 1 aromatic rings. The fraction of sp³-hybridized carbons (Fsp3) is 0.500. The smallest absolute Gasteiger partial charge is 0.0211 e. The summed E-state index contributed by atoms with van der Waals surface area (Å²) in [4.78, 5) is 0. The monoisotopic (exact) mass is 190 g/mol. The Hall–Kier alpha value is -0.860. The van der Waals surface area contributed by atoms with Crippen LogP contribution in [0.4, 0.5) is 0 Å². The maximum absolute atomic E-state index is 3.58. The van der Waals surface area contributed by atoms with Crippen molar-refractivity contribution in [1.82, 2.24) is 10.6 Å². The maximum Gasteiger partial charge on any atom is 0.0211 e. The van der Waals surface area contributed by atoms with Gasteiger partial charge in [-0.3, -0.25) is 0 Å². The number of benzene rings is 1. The molecular weight excluding hydrogens is 172 g/mol. The first-order valence-corrected chi connectivity index (χ1v) is 5.35. The van der Waals surface area contributed by atoms with Gasteiger partial charge in [0, 0.05) is 19.1 Å². The Labute approximate surface area is 85.7 Å². The molecule has 0 radical (unpaired) electrons. The molecule has 2 N–H and O–H groups in total. The van der Waals surface area contributed by atoms with E-state index in [0.29, 0.717) is 6.04 Å². The summed E-state index contributed by atoms with van der Waals surface area (Å²) in [5.41, 5.74) is 2.80. The van der Waals surface area contributed by atoms with Gasteiger partial charge in [-0.25, -0.2) is 0 Å². The van der Waals surface area contributed by atoms with Gasteiger partial charge in [-0.15, -0.1) is 0 Å². The van der Waals surface area contributed by atoms with Crippen LogP contribution in [0.15, 0.2) is 24.3 Å². The standard InChI is InChI=1S/C12H18N2/c1-10-4-2-3-5-11(10)8-14-12-6-7-13-9-12/h2-5,12-14H,6-9H2,1H3/t12-/m0/s1. The minimum Gasteiger partial charge on any atom is -0.315 e. The number of aryl methyl sites for hydroxylation is 1. The molecule has 1 aromatic carbocycles. The Bertz CT molecular complexity index is 290. The van der Waals surface area contributed by atoms with Crippen molar-refractivity contribution in [1.29, 1.82) is 0 Å². The van der Waals surface area contributed by atoms with Crippen molar-refractivity contribution in [3.8, 4) is 0 Å². The maximum atomic E-state index is 3.58. The molecule has 2 heteroatoms. The Morgan fingerprint density at radius 2 is 2.29 bits per heavy atom. The Balaban J connectivity index is 1.88. The van der Waals surface area contributed by atoms with E-state index in [1.807, 2.05) is 0 Å². The van der Waals surface area contributed by atoms with Gasteiger partial charge in [0.1, 0.15) is 0 Å². The van der Waals surface area contributed by atoms with E-state index in [-0.39, 0.29) is 0 Å². The van der Waals surface area contributed by atoms with Crippen LogP contribution in [0.2, 0.25) is 0 Å². The van der Waals surface area contributed by atoms with Crippen LogP contribution in [-0.4, -0.2) is 19.1 Å². The lowest BCUT2D eigenvalue weighted by atomic mass is 10.1. The van der Waals surface area contributed by atoms with Gasteiger partial charge in [-0.1, -0.05) is 24.3 Å². The van der Waals surface area contributed by atoms with E-state index in [2.05, 4.69) is 41.8 Å². The largest absolute Gasteiger partial charge is 0.315 e. The Morgan fingerprint density at radius 3 is 3.00 bits per heavy atom. The molecule has 0 aromatic heterocycles. The predicted molar refractivity (Wildman–Crippen MR) is 59.3 cm³/mol.